The molecule has 13 rings (SSSR count). The summed E-state index contributed by atoms with van der Waals surface area (Å²) in [7, 11) is -19.3. The minimum Gasteiger partial charge on any atom is -0.341 e. The zero-order valence-electron chi connectivity index (χ0n) is 62.9. The van der Waals surface area contributed by atoms with Crippen LogP contribution < -0.4 is 26.6 Å². The van der Waals surface area contributed by atoms with Crippen LogP contribution in [0.4, 0.5) is 0 Å². The van der Waals surface area contributed by atoms with Crippen LogP contribution in [0.1, 0.15) is 62.9 Å². The van der Waals surface area contributed by atoms with Gasteiger partial charge in [0.25, 0.3) is 79.7 Å². The molecule has 40 heteroatoms. The van der Waals surface area contributed by atoms with E-state index in [4.69, 9.17) is 32.1 Å². The van der Waals surface area contributed by atoms with Crippen LogP contribution in [0.2, 0.25) is 0 Å². The molecule has 0 aliphatic carbocycles. The van der Waals surface area contributed by atoms with Crippen molar-refractivity contribution in [2.45, 2.75) is 38.3 Å². The molecule has 5 heterocycles. The number of carbonyl (C=O) groups excluding carboxylic acids is 5. The van der Waals surface area contributed by atoms with Gasteiger partial charge >= 0.3 is 0 Å². The Hall–Kier alpha value is -15.6. The number of hydrogen-bond acceptors (Lipinski definition) is 25. The van der Waals surface area contributed by atoms with E-state index in [0.29, 0.717) is 55.1 Å². The van der Waals surface area contributed by atoms with Crippen molar-refractivity contribution in [1.29, 1.82) is 0 Å². The van der Waals surface area contributed by atoms with Gasteiger partial charge in [-0.3, -0.25) is 24.0 Å². The van der Waals surface area contributed by atoms with Crippen LogP contribution in [-0.2, 0) is 50.1 Å². The first kappa shape index (κ1) is 88.3. The Kier molecular flexibility index (Phi) is 29.9. The van der Waals surface area contributed by atoms with E-state index >= 15 is 0 Å². The number of aromatic nitrogens is 15. The number of nitrogens with one attached hydrogen (secondary N) is 5. The zero-order chi connectivity index (χ0) is 86.6. The summed E-state index contributed by atoms with van der Waals surface area (Å²) in [6, 6.07) is 51.3. The Morgan fingerprint density at radius 2 is 0.558 bits per heavy atom. The normalized spacial score (nSPS) is 10.9. The summed E-state index contributed by atoms with van der Waals surface area (Å²) in [5.74, 6) is 10.5. The van der Waals surface area contributed by atoms with E-state index in [0.717, 1.165) is 70.2 Å². The Morgan fingerprint density at radius 1 is 0.308 bits per heavy atom. The van der Waals surface area contributed by atoms with Gasteiger partial charge in [-0.15, -0.1) is 79.1 Å². The molecular weight excluding hydrogens is 1640 g/mol. The average molecular weight is 1710 g/mol. The van der Waals surface area contributed by atoms with E-state index in [1.165, 1.54) is 134 Å². The topological polar surface area (TPSA) is 470 Å². The van der Waals surface area contributed by atoms with Gasteiger partial charge in [-0.1, -0.05) is 124 Å². The molecule has 0 spiro atoms. The fourth-order valence-corrected chi connectivity index (χ4v) is 14.9. The summed E-state index contributed by atoms with van der Waals surface area (Å²) < 4.78 is 128. The summed E-state index contributed by atoms with van der Waals surface area (Å²) in [4.78, 5) is 74.5. The van der Waals surface area contributed by atoms with Gasteiger partial charge in [0.1, 0.15) is 31.6 Å². The summed E-state index contributed by atoms with van der Waals surface area (Å²) in [5, 5.41) is 35.4. The first-order chi connectivity index (χ1) is 57.5. The van der Waals surface area contributed by atoms with Gasteiger partial charge in [0.15, 0.2) is 17.5 Å². The fourth-order valence-electron chi connectivity index (χ4n) is 9.72. The maximum atomic E-state index is 12.7. The molecule has 0 aliphatic heterocycles. The van der Waals surface area contributed by atoms with Crippen molar-refractivity contribution in [1.82, 2.24) is 97.7 Å². The molecular formula is C80H66N20O15S5. The van der Waals surface area contributed by atoms with E-state index in [1.54, 1.807) is 12.1 Å². The third-order valence-electron chi connectivity index (χ3n) is 15.9. The number of amides is 5. The molecule has 8 aromatic carbocycles. The van der Waals surface area contributed by atoms with Gasteiger partial charge in [0.05, 0.1) is 69.6 Å². The van der Waals surface area contributed by atoms with Gasteiger partial charge in [0, 0.05) is 44.5 Å². The molecule has 0 bridgehead atoms. The van der Waals surface area contributed by atoms with Crippen LogP contribution in [0.5, 0.6) is 0 Å². The third-order valence-corrected chi connectivity index (χ3v) is 23.5. The van der Waals surface area contributed by atoms with Crippen LogP contribution in [0.25, 0.3) is 34.2 Å². The van der Waals surface area contributed by atoms with E-state index in [-0.39, 0.29) is 86.7 Å². The molecule has 0 fully saturated rings. The quantitative estimate of drug-likeness (QED) is 0.0525. The van der Waals surface area contributed by atoms with E-state index in [9.17, 15) is 66.1 Å². The zero-order valence-corrected chi connectivity index (χ0v) is 67.0. The van der Waals surface area contributed by atoms with Crippen molar-refractivity contribution in [3.05, 3.63) is 283 Å². The lowest BCUT2D eigenvalue weighted by Gasteiger charge is -2.05. The highest BCUT2D eigenvalue weighted by atomic mass is 32.2. The Bertz CT molecular complexity index is 6320. The average Bonchev–Trinajstić information content (AvgIpc) is 1.64. The molecule has 13 aromatic rings. The molecule has 606 valence electrons. The van der Waals surface area contributed by atoms with Gasteiger partial charge < -0.3 is 26.6 Å². The number of hydrogen-bond donors (Lipinski definition) is 5. The fraction of sp³-hybridized carbons (Fsp3) is 0.0875. The summed E-state index contributed by atoms with van der Waals surface area (Å²) in [6.45, 7) is 4.42. The van der Waals surface area contributed by atoms with E-state index in [2.05, 4.69) is 107 Å². The van der Waals surface area contributed by atoms with Crippen molar-refractivity contribution in [2.24, 2.45) is 0 Å². The molecule has 5 amide bonds. The summed E-state index contributed by atoms with van der Waals surface area (Å²) >= 11 is 0. The molecule has 120 heavy (non-hydrogen) atoms. The SMILES string of the molecule is C#CCNC(=O)c1ccc(S(=O)(=O)n2cnc(-c3ccc(C)cc3)n2)cc1.C#CCNC(=O)c1ccc(S(=O)(=O)n2cnc(-c3ccc(C)cc3)n2)cc1.C#CCNC(=O)c1ccc(S(=O)(=O)n2cnc(-c3ccccc3)n2)cc1.C#CCNC(=O)c1ccc(S(=O)(=O)n2cncn2)cc1.C#CCNC(=O)c1ccc(S(=O)(=O)n2nccn2)cc1. The summed E-state index contributed by atoms with van der Waals surface area (Å²) in [5.41, 5.74) is 5.86. The van der Waals surface area contributed by atoms with E-state index < -0.39 is 50.1 Å². The number of benzene rings is 8. The minimum atomic E-state index is -3.91. The number of carbonyl (C=O) groups is 5. The van der Waals surface area contributed by atoms with Crippen LogP contribution in [0.3, 0.4) is 0 Å². The molecule has 0 unspecified atom stereocenters. The van der Waals surface area contributed by atoms with Crippen molar-refractivity contribution >= 4 is 79.7 Å². The molecule has 5 aromatic heterocycles. The predicted molar refractivity (Wildman–Crippen MR) is 437 cm³/mol. The third kappa shape index (κ3) is 22.7. The molecule has 5 N–H and O–H groups in total. The molecule has 0 saturated heterocycles. The van der Waals surface area contributed by atoms with Crippen LogP contribution >= 0.6 is 0 Å². The van der Waals surface area contributed by atoms with Gasteiger partial charge in [-0.05, 0) is 135 Å². The highest BCUT2D eigenvalue weighted by molar-refractivity contribution is 7.91. The van der Waals surface area contributed by atoms with Crippen LogP contribution in [0.15, 0.2) is 269 Å². The van der Waals surface area contributed by atoms with Gasteiger partial charge in [-0.2, -0.15) is 42.1 Å². The Labute approximate surface area is 689 Å². The molecule has 0 atom stereocenters. The van der Waals surface area contributed by atoms with Crippen molar-refractivity contribution in [3.8, 4) is 95.9 Å². The molecule has 0 aliphatic rings. The standard InChI is InChI=1S/2C19H16N4O3S.C18H14N4O3S.2C12H10N4O3S/c2*1-3-12-20-19(24)16-8-10-17(11-9-16)27(25,26)23-13-21-18(22-23)15-6-4-14(2)5-7-15;1-2-12-19-18(23)15-8-10-16(11-9-15)26(24,25)22-13-20-17(21-22)14-6-4-3-5-7-14;1-2-7-14-12(17)10-3-5-11(6-4-10)20(18,19)16-9-13-8-15-16;1-2-7-13-12(17)10-3-5-11(6-4-10)20(18,19)16-14-8-9-15-16/h2*1,4-11,13H,12H2,2H3,(H,20,24);1,3-11,13H,12H2,(H,19,23);1,3-6,8-9H,7H2,(H,14,17);1,3-6,8-9H,7H2,(H,13,17). The first-order valence-electron chi connectivity index (χ1n) is 34.5. The van der Waals surface area contributed by atoms with E-state index in [1.807, 2.05) is 80.6 Å². The largest absolute Gasteiger partial charge is 0.341 e. The Balaban J connectivity index is 0.000000172. The Morgan fingerprint density at radius 3 is 0.808 bits per heavy atom. The summed E-state index contributed by atoms with van der Waals surface area (Å²) in [6.07, 6.45) is 33.5. The second kappa shape index (κ2) is 40.6. The number of rotatable bonds is 23. The molecule has 0 radical (unpaired) electrons. The monoisotopic (exact) mass is 1710 g/mol. The number of aryl methyl sites for hydroxylation is 2. The van der Waals surface area contributed by atoms with Crippen LogP contribution in [0, 0.1) is 75.6 Å². The smallest absolute Gasteiger partial charge is 0.299 e. The van der Waals surface area contributed by atoms with Crippen molar-refractivity contribution in [3.63, 3.8) is 0 Å². The lowest BCUT2D eigenvalue weighted by atomic mass is 10.1. The van der Waals surface area contributed by atoms with Crippen molar-refractivity contribution < 1.29 is 66.1 Å². The second-order valence-corrected chi connectivity index (χ2v) is 33.0. The maximum absolute atomic E-state index is 12.7. The minimum absolute atomic E-state index is 0.00337. The number of nitrogens with zero attached hydrogens (tertiary/aromatic N) is 15. The highest BCUT2D eigenvalue weighted by Crippen LogP contribution is 2.24. The van der Waals surface area contributed by atoms with Gasteiger partial charge in [0.2, 0.25) is 0 Å². The lowest BCUT2D eigenvalue weighted by molar-refractivity contribution is 0.0950. The van der Waals surface area contributed by atoms with Crippen molar-refractivity contribution in [2.75, 3.05) is 32.7 Å². The second-order valence-electron chi connectivity index (χ2n) is 24.0. The predicted octanol–water partition coefficient (Wildman–Crippen LogP) is 5.01. The maximum Gasteiger partial charge on any atom is 0.299 e. The molecule has 0 saturated carbocycles. The lowest BCUT2D eigenvalue weighted by Crippen LogP contribution is -2.23. The number of terminal acetylenes is 5. The van der Waals surface area contributed by atoms with Gasteiger partial charge in [-0.25, -0.2) is 19.9 Å². The highest BCUT2D eigenvalue weighted by Gasteiger charge is 2.25. The first-order valence-corrected chi connectivity index (χ1v) is 41.7. The molecule has 35 nitrogen and oxygen atoms in total. The van der Waals surface area contributed by atoms with Crippen LogP contribution in [-0.4, -0.2) is 175 Å².